The van der Waals surface area contributed by atoms with E-state index in [4.69, 9.17) is 37.0 Å². The van der Waals surface area contributed by atoms with Crippen LogP contribution in [0.2, 0.25) is 0 Å². The van der Waals surface area contributed by atoms with Gasteiger partial charge in [0.2, 0.25) is 0 Å². The molecular weight excluding hydrogens is 1250 g/mol. The van der Waals surface area contributed by atoms with Crippen LogP contribution in [0.15, 0.2) is 0 Å². The predicted octanol–water partition coefficient (Wildman–Crippen LogP) is 22.0. The number of unbranched alkanes of at least 4 members (excludes halogenated alkanes) is 36. The van der Waals surface area contributed by atoms with Crippen LogP contribution in [0.3, 0.4) is 0 Å². The summed E-state index contributed by atoms with van der Waals surface area (Å²) in [5.74, 6) is 1.05. The molecule has 0 spiro atoms. The van der Waals surface area contributed by atoms with E-state index in [2.05, 4.69) is 55.4 Å². The van der Waals surface area contributed by atoms with Crippen LogP contribution in [-0.2, 0) is 65.4 Å². The second-order valence-corrected chi connectivity index (χ2v) is 31.5. The fourth-order valence-corrected chi connectivity index (χ4v) is 13.0. The van der Waals surface area contributed by atoms with Gasteiger partial charge < -0.3 is 33.8 Å². The van der Waals surface area contributed by atoms with Crippen LogP contribution in [0.25, 0.3) is 0 Å². The number of aliphatic hydroxyl groups excluding tert-OH is 1. The van der Waals surface area contributed by atoms with E-state index >= 15 is 0 Å². The van der Waals surface area contributed by atoms with Gasteiger partial charge in [-0.2, -0.15) is 0 Å². The first-order valence-corrected chi connectivity index (χ1v) is 42.3. The third kappa shape index (κ3) is 66.4. The number of rotatable bonds is 73. The summed E-state index contributed by atoms with van der Waals surface area (Å²) in [6.45, 7) is 14.3. The Hall–Kier alpha value is -1.94. The molecule has 0 aliphatic carbocycles. The van der Waals surface area contributed by atoms with Gasteiger partial charge in [0.1, 0.15) is 19.3 Å². The molecule has 0 amide bonds. The van der Waals surface area contributed by atoms with E-state index in [0.717, 1.165) is 114 Å². The Morgan fingerprint density at radius 2 is 0.505 bits per heavy atom. The van der Waals surface area contributed by atoms with E-state index in [1.807, 2.05) is 0 Å². The van der Waals surface area contributed by atoms with Crippen molar-refractivity contribution < 1.29 is 80.2 Å². The highest BCUT2D eigenvalue weighted by Crippen LogP contribution is 2.45. The van der Waals surface area contributed by atoms with Gasteiger partial charge in [-0.3, -0.25) is 37.3 Å². The van der Waals surface area contributed by atoms with Gasteiger partial charge in [0, 0.05) is 25.7 Å². The molecule has 8 atom stereocenters. The fourth-order valence-electron chi connectivity index (χ4n) is 11.5. The molecule has 0 radical (unpaired) electrons. The summed E-state index contributed by atoms with van der Waals surface area (Å²) in [5, 5.41) is 10.6. The molecule has 0 saturated heterocycles. The van der Waals surface area contributed by atoms with Gasteiger partial charge >= 0.3 is 39.5 Å². The zero-order chi connectivity index (χ0) is 70.3. The molecule has 0 heterocycles. The number of aliphatic hydroxyl groups is 1. The number of esters is 4. The minimum absolute atomic E-state index is 0.105. The van der Waals surface area contributed by atoms with Gasteiger partial charge in [0.05, 0.1) is 26.4 Å². The Morgan fingerprint density at radius 1 is 0.295 bits per heavy atom. The van der Waals surface area contributed by atoms with Crippen LogP contribution in [0.5, 0.6) is 0 Å². The molecule has 3 N–H and O–H groups in total. The minimum Gasteiger partial charge on any atom is -0.462 e. The number of ether oxygens (including phenoxy) is 4. The SMILES string of the molecule is CCC(C)CCCCCCCCCCCCC(=O)OC[C@H](COP(=O)(O)OC[C@@H](O)COP(=O)(O)OC[C@@H](COC(=O)CCCCCCCCCCC(C)CC)OC(=O)CCCCCCCCCCCCC(C)CC)OC(=O)CCCCCCCCCCCCCCC(C)C. The van der Waals surface area contributed by atoms with Crippen molar-refractivity contribution in [3.8, 4) is 0 Å². The lowest BCUT2D eigenvalue weighted by molar-refractivity contribution is -0.161. The van der Waals surface area contributed by atoms with E-state index < -0.39 is 97.5 Å². The molecule has 564 valence electrons. The number of hydrogen-bond acceptors (Lipinski definition) is 15. The average Bonchev–Trinajstić information content (AvgIpc) is 3.65. The van der Waals surface area contributed by atoms with Gasteiger partial charge in [-0.25, -0.2) is 9.13 Å². The lowest BCUT2D eigenvalue weighted by atomic mass is 9.99. The molecule has 0 aliphatic rings. The van der Waals surface area contributed by atoms with Gasteiger partial charge in [-0.05, 0) is 49.4 Å². The van der Waals surface area contributed by atoms with Crippen molar-refractivity contribution in [1.82, 2.24) is 0 Å². The molecule has 0 aromatic heterocycles. The smallest absolute Gasteiger partial charge is 0.462 e. The fraction of sp³-hybridized carbons (Fsp3) is 0.947. The van der Waals surface area contributed by atoms with E-state index in [1.54, 1.807) is 0 Å². The second kappa shape index (κ2) is 65.4. The maximum absolute atomic E-state index is 13.1. The summed E-state index contributed by atoms with van der Waals surface area (Å²) in [5.41, 5.74) is 0. The zero-order valence-corrected chi connectivity index (χ0v) is 64.1. The first-order valence-electron chi connectivity index (χ1n) is 39.3. The van der Waals surface area contributed by atoms with E-state index in [1.165, 1.54) is 186 Å². The highest BCUT2D eigenvalue weighted by atomic mass is 31.2. The zero-order valence-electron chi connectivity index (χ0n) is 62.3. The third-order valence-corrected chi connectivity index (χ3v) is 20.6. The van der Waals surface area contributed by atoms with Crippen LogP contribution < -0.4 is 0 Å². The summed E-state index contributed by atoms with van der Waals surface area (Å²) < 4.78 is 68.6. The number of carbonyl (C=O) groups excluding carboxylic acids is 4. The largest absolute Gasteiger partial charge is 0.472 e. The lowest BCUT2D eigenvalue weighted by Gasteiger charge is -2.21. The second-order valence-electron chi connectivity index (χ2n) is 28.6. The molecular formula is C76H148O17P2. The van der Waals surface area contributed by atoms with Crippen LogP contribution in [0.1, 0.15) is 383 Å². The normalized spacial score (nSPS) is 15.0. The Balaban J connectivity index is 5.29. The predicted molar refractivity (Wildman–Crippen MR) is 386 cm³/mol. The first kappa shape index (κ1) is 93.1. The van der Waals surface area contributed by atoms with Gasteiger partial charge in [-0.1, -0.05) is 331 Å². The van der Waals surface area contributed by atoms with Crippen molar-refractivity contribution >= 4 is 39.5 Å². The van der Waals surface area contributed by atoms with Crippen LogP contribution in [-0.4, -0.2) is 96.7 Å². The number of phosphoric acid groups is 2. The van der Waals surface area contributed by atoms with Crippen molar-refractivity contribution in [3.05, 3.63) is 0 Å². The molecule has 0 fully saturated rings. The van der Waals surface area contributed by atoms with E-state index in [-0.39, 0.29) is 25.7 Å². The van der Waals surface area contributed by atoms with Crippen molar-refractivity contribution in [1.29, 1.82) is 0 Å². The number of phosphoric ester groups is 2. The molecule has 17 nitrogen and oxygen atoms in total. The minimum atomic E-state index is -4.96. The molecule has 0 aliphatic heterocycles. The van der Waals surface area contributed by atoms with Crippen molar-refractivity contribution in [3.63, 3.8) is 0 Å². The standard InChI is InChI=1S/C76H148O17P2/c1-9-67(6)53-45-37-29-21-16-18-23-32-40-48-56-73(78)86-62-71(92-75(80)58-50-42-34-24-15-13-12-14-20-28-36-44-52-66(4)5)64-90-94(82,83)88-60-70(77)61-89-95(84,85)91-65-72(63-87-74(79)57-49-41-33-27-26-31-39-47-55-69(8)11-3)93-76(81)59-51-43-35-25-19-17-22-30-38-46-54-68(7)10-2/h66-72,77H,9-65H2,1-8H3,(H,82,83)(H,84,85)/t67?,68?,69?,70-,71-,72-/m1/s1. The Kier molecular flexibility index (Phi) is 64.0. The molecule has 0 aromatic rings. The maximum Gasteiger partial charge on any atom is 0.472 e. The Morgan fingerprint density at radius 3 is 0.747 bits per heavy atom. The third-order valence-electron chi connectivity index (χ3n) is 18.7. The molecule has 5 unspecified atom stereocenters. The number of hydrogen-bond donors (Lipinski definition) is 3. The van der Waals surface area contributed by atoms with E-state index in [0.29, 0.717) is 25.7 Å². The molecule has 0 bridgehead atoms. The molecule has 0 saturated carbocycles. The Labute approximate surface area is 581 Å². The van der Waals surface area contributed by atoms with Gasteiger partial charge in [0.15, 0.2) is 12.2 Å². The topological polar surface area (TPSA) is 237 Å². The monoisotopic (exact) mass is 1400 g/mol. The highest BCUT2D eigenvalue weighted by Gasteiger charge is 2.30. The van der Waals surface area contributed by atoms with Crippen LogP contribution >= 0.6 is 15.6 Å². The molecule has 19 heteroatoms. The summed E-state index contributed by atoms with van der Waals surface area (Å²) in [6, 6.07) is 0. The lowest BCUT2D eigenvalue weighted by Crippen LogP contribution is -2.30. The quantitative estimate of drug-likeness (QED) is 0.0222. The van der Waals surface area contributed by atoms with Gasteiger partial charge in [-0.15, -0.1) is 0 Å². The molecule has 0 rings (SSSR count). The molecule has 0 aromatic carbocycles. The van der Waals surface area contributed by atoms with Crippen LogP contribution in [0, 0.1) is 23.7 Å². The van der Waals surface area contributed by atoms with Crippen LogP contribution in [0.4, 0.5) is 0 Å². The number of carbonyl (C=O) groups is 4. The Bertz CT molecular complexity index is 1870. The van der Waals surface area contributed by atoms with Gasteiger partial charge in [0.25, 0.3) is 0 Å². The van der Waals surface area contributed by atoms with E-state index in [9.17, 15) is 43.2 Å². The summed E-state index contributed by atoms with van der Waals surface area (Å²) in [4.78, 5) is 72.9. The van der Waals surface area contributed by atoms with Crippen molar-refractivity contribution in [2.75, 3.05) is 39.6 Å². The maximum atomic E-state index is 13.1. The highest BCUT2D eigenvalue weighted by molar-refractivity contribution is 7.47. The summed E-state index contributed by atoms with van der Waals surface area (Å²) in [6.07, 6.45) is 49.6. The average molecular weight is 1400 g/mol. The summed E-state index contributed by atoms with van der Waals surface area (Å²) in [7, 11) is -9.92. The first-order chi connectivity index (χ1) is 45.7. The van der Waals surface area contributed by atoms with Crippen molar-refractivity contribution in [2.24, 2.45) is 23.7 Å². The summed E-state index contributed by atoms with van der Waals surface area (Å²) >= 11 is 0. The molecule has 95 heavy (non-hydrogen) atoms. The van der Waals surface area contributed by atoms with Crippen molar-refractivity contribution in [2.45, 2.75) is 401 Å².